The first-order valence-electron chi connectivity index (χ1n) is 6.26. The molecule has 0 saturated carbocycles. The topological polar surface area (TPSA) is 51.2 Å². The van der Waals surface area contributed by atoms with Crippen molar-refractivity contribution in [1.29, 1.82) is 0 Å². The molecule has 0 aliphatic rings. The van der Waals surface area contributed by atoms with E-state index in [0.29, 0.717) is 23.7 Å². The van der Waals surface area contributed by atoms with Crippen molar-refractivity contribution in [2.45, 2.75) is 13.8 Å². The van der Waals surface area contributed by atoms with Gasteiger partial charge in [-0.15, -0.1) is 0 Å². The van der Waals surface area contributed by atoms with Gasteiger partial charge in [0.05, 0.1) is 18.5 Å². The Kier molecular flexibility index (Phi) is 4.74. The molecule has 4 nitrogen and oxygen atoms in total. The Labute approximate surface area is 126 Å². The fourth-order valence-electron chi connectivity index (χ4n) is 1.72. The number of rotatable bonds is 4. The van der Waals surface area contributed by atoms with Gasteiger partial charge in [-0.25, -0.2) is 4.98 Å². The predicted molar refractivity (Wildman–Crippen MR) is 82.2 cm³/mol. The molecule has 0 fully saturated rings. The van der Waals surface area contributed by atoms with Crippen molar-refractivity contribution in [2.24, 2.45) is 0 Å². The number of anilines is 1. The van der Waals surface area contributed by atoms with Gasteiger partial charge < -0.3 is 10.1 Å². The Morgan fingerprint density at radius 1 is 1.35 bits per heavy atom. The van der Waals surface area contributed by atoms with Gasteiger partial charge in [-0.3, -0.25) is 4.79 Å². The second-order valence-electron chi connectivity index (χ2n) is 4.23. The molecular formula is C15H15BrN2O2. The molecule has 104 valence electrons. The van der Waals surface area contributed by atoms with Crippen molar-refractivity contribution in [3.63, 3.8) is 0 Å². The highest BCUT2D eigenvalue weighted by Crippen LogP contribution is 2.18. The SMILES string of the molecule is CCOc1ccc(NC(=O)c2cc(Br)ccc2C)cn1. The normalized spacial score (nSPS) is 10.2. The molecule has 0 saturated heterocycles. The number of nitrogens with zero attached hydrogens (tertiary/aromatic N) is 1. The zero-order valence-electron chi connectivity index (χ0n) is 11.3. The van der Waals surface area contributed by atoms with Gasteiger partial charge in [0.25, 0.3) is 5.91 Å². The molecule has 20 heavy (non-hydrogen) atoms. The number of amides is 1. The molecular weight excluding hydrogens is 320 g/mol. The molecule has 0 bridgehead atoms. The summed E-state index contributed by atoms with van der Waals surface area (Å²) in [7, 11) is 0. The maximum atomic E-state index is 12.2. The summed E-state index contributed by atoms with van der Waals surface area (Å²) in [5.41, 5.74) is 2.19. The van der Waals surface area contributed by atoms with Gasteiger partial charge in [-0.05, 0) is 37.6 Å². The molecule has 1 heterocycles. The molecule has 1 aromatic carbocycles. The zero-order chi connectivity index (χ0) is 14.5. The number of aromatic nitrogens is 1. The van der Waals surface area contributed by atoms with E-state index in [-0.39, 0.29) is 5.91 Å². The minimum absolute atomic E-state index is 0.158. The smallest absolute Gasteiger partial charge is 0.256 e. The lowest BCUT2D eigenvalue weighted by atomic mass is 10.1. The molecule has 0 atom stereocenters. The fraction of sp³-hybridized carbons (Fsp3) is 0.200. The van der Waals surface area contributed by atoms with Crippen LogP contribution in [0.25, 0.3) is 0 Å². The average molecular weight is 335 g/mol. The Hall–Kier alpha value is -1.88. The highest BCUT2D eigenvalue weighted by molar-refractivity contribution is 9.10. The molecule has 0 spiro atoms. The van der Waals surface area contributed by atoms with Gasteiger partial charge in [0.1, 0.15) is 0 Å². The lowest BCUT2D eigenvalue weighted by Crippen LogP contribution is -2.13. The van der Waals surface area contributed by atoms with E-state index in [1.165, 1.54) is 0 Å². The fourth-order valence-corrected chi connectivity index (χ4v) is 2.09. The summed E-state index contributed by atoms with van der Waals surface area (Å²) in [6.07, 6.45) is 1.58. The van der Waals surface area contributed by atoms with E-state index in [4.69, 9.17) is 4.74 Å². The molecule has 5 heteroatoms. The number of pyridine rings is 1. The summed E-state index contributed by atoms with van der Waals surface area (Å²) in [4.78, 5) is 16.3. The van der Waals surface area contributed by atoms with E-state index in [9.17, 15) is 4.79 Å². The van der Waals surface area contributed by atoms with Crippen molar-refractivity contribution >= 4 is 27.5 Å². The summed E-state index contributed by atoms with van der Waals surface area (Å²) in [6.45, 7) is 4.36. The Morgan fingerprint density at radius 3 is 2.80 bits per heavy atom. The van der Waals surface area contributed by atoms with E-state index < -0.39 is 0 Å². The van der Waals surface area contributed by atoms with Gasteiger partial charge in [0.2, 0.25) is 5.88 Å². The third-order valence-electron chi connectivity index (χ3n) is 2.73. The van der Waals surface area contributed by atoms with Crippen molar-refractivity contribution in [2.75, 3.05) is 11.9 Å². The number of aryl methyl sites for hydroxylation is 1. The first kappa shape index (κ1) is 14.5. The summed E-state index contributed by atoms with van der Waals surface area (Å²) in [6, 6.07) is 9.10. The summed E-state index contributed by atoms with van der Waals surface area (Å²) >= 11 is 3.37. The summed E-state index contributed by atoms with van der Waals surface area (Å²) < 4.78 is 6.13. The Bertz CT molecular complexity index is 612. The van der Waals surface area contributed by atoms with Crippen molar-refractivity contribution in [3.8, 4) is 5.88 Å². The zero-order valence-corrected chi connectivity index (χ0v) is 12.9. The number of halogens is 1. The van der Waals surface area contributed by atoms with Gasteiger partial charge in [-0.2, -0.15) is 0 Å². The van der Waals surface area contributed by atoms with Crippen LogP contribution in [-0.2, 0) is 0 Å². The lowest BCUT2D eigenvalue weighted by molar-refractivity contribution is 0.102. The third kappa shape index (κ3) is 3.57. The molecule has 0 radical (unpaired) electrons. The Morgan fingerprint density at radius 2 is 2.15 bits per heavy atom. The third-order valence-corrected chi connectivity index (χ3v) is 3.22. The molecule has 2 rings (SSSR count). The predicted octanol–water partition coefficient (Wildman–Crippen LogP) is 3.80. The van der Waals surface area contributed by atoms with Gasteiger partial charge in [-0.1, -0.05) is 22.0 Å². The number of carbonyl (C=O) groups is 1. The van der Waals surface area contributed by atoms with Crippen LogP contribution in [0.5, 0.6) is 5.88 Å². The molecule has 0 aliphatic carbocycles. The summed E-state index contributed by atoms with van der Waals surface area (Å²) in [5.74, 6) is 0.388. The van der Waals surface area contributed by atoms with E-state index >= 15 is 0 Å². The van der Waals surface area contributed by atoms with Crippen LogP contribution in [0.3, 0.4) is 0 Å². The van der Waals surface area contributed by atoms with Crippen LogP contribution in [0.1, 0.15) is 22.8 Å². The monoisotopic (exact) mass is 334 g/mol. The first-order valence-corrected chi connectivity index (χ1v) is 7.06. The quantitative estimate of drug-likeness (QED) is 0.925. The van der Waals surface area contributed by atoms with E-state index in [1.807, 2.05) is 26.0 Å². The van der Waals surface area contributed by atoms with Crippen LogP contribution in [0.15, 0.2) is 41.0 Å². The van der Waals surface area contributed by atoms with Crippen molar-refractivity contribution < 1.29 is 9.53 Å². The van der Waals surface area contributed by atoms with Crippen LogP contribution >= 0.6 is 15.9 Å². The number of nitrogens with one attached hydrogen (secondary N) is 1. The minimum atomic E-state index is -0.158. The maximum absolute atomic E-state index is 12.2. The number of ether oxygens (including phenoxy) is 1. The number of carbonyl (C=O) groups excluding carboxylic acids is 1. The maximum Gasteiger partial charge on any atom is 0.256 e. The standard InChI is InChI=1S/C15H15BrN2O2/c1-3-20-14-7-6-12(9-17-14)18-15(19)13-8-11(16)5-4-10(13)2/h4-9H,3H2,1-2H3,(H,18,19). The second-order valence-corrected chi connectivity index (χ2v) is 5.15. The van der Waals surface area contributed by atoms with Crippen LogP contribution in [0, 0.1) is 6.92 Å². The summed E-state index contributed by atoms with van der Waals surface area (Å²) in [5, 5.41) is 2.82. The van der Waals surface area contributed by atoms with E-state index in [1.54, 1.807) is 24.4 Å². The number of hydrogen-bond donors (Lipinski definition) is 1. The van der Waals surface area contributed by atoms with Crippen molar-refractivity contribution in [3.05, 3.63) is 52.1 Å². The first-order chi connectivity index (χ1) is 9.60. The van der Waals surface area contributed by atoms with Gasteiger partial charge in [0, 0.05) is 16.1 Å². The van der Waals surface area contributed by atoms with Gasteiger partial charge in [0.15, 0.2) is 0 Å². The van der Waals surface area contributed by atoms with E-state index in [0.717, 1.165) is 10.0 Å². The number of benzene rings is 1. The Balaban J connectivity index is 2.13. The lowest BCUT2D eigenvalue weighted by Gasteiger charge is -2.08. The minimum Gasteiger partial charge on any atom is -0.478 e. The van der Waals surface area contributed by atoms with Crippen LogP contribution in [-0.4, -0.2) is 17.5 Å². The van der Waals surface area contributed by atoms with Crippen LogP contribution in [0.2, 0.25) is 0 Å². The molecule has 0 unspecified atom stereocenters. The second kappa shape index (κ2) is 6.52. The van der Waals surface area contributed by atoms with Crippen molar-refractivity contribution in [1.82, 2.24) is 4.98 Å². The highest BCUT2D eigenvalue weighted by Gasteiger charge is 2.10. The molecule has 0 aliphatic heterocycles. The van der Waals surface area contributed by atoms with Crippen LogP contribution < -0.4 is 10.1 Å². The molecule has 1 N–H and O–H groups in total. The van der Waals surface area contributed by atoms with Gasteiger partial charge >= 0.3 is 0 Å². The van der Waals surface area contributed by atoms with E-state index in [2.05, 4.69) is 26.2 Å². The number of hydrogen-bond acceptors (Lipinski definition) is 3. The molecule has 2 aromatic rings. The molecule has 1 amide bonds. The largest absolute Gasteiger partial charge is 0.478 e. The van der Waals surface area contributed by atoms with Crippen LogP contribution in [0.4, 0.5) is 5.69 Å². The highest BCUT2D eigenvalue weighted by atomic mass is 79.9. The average Bonchev–Trinajstić information content (AvgIpc) is 2.44. The molecule has 1 aromatic heterocycles.